The van der Waals surface area contributed by atoms with Crippen molar-refractivity contribution in [3.8, 4) is 0 Å². The lowest BCUT2D eigenvalue weighted by molar-refractivity contribution is -0.137. The molecule has 1 heterocycles. The minimum atomic E-state index is -4.32. The maximum atomic E-state index is 12.5. The summed E-state index contributed by atoms with van der Waals surface area (Å²) < 4.78 is 37.6. The molecule has 0 fully saturated rings. The molecule has 6 heteroatoms. The first-order valence-corrected chi connectivity index (χ1v) is 4.95. The highest BCUT2D eigenvalue weighted by Crippen LogP contribution is 2.31. The van der Waals surface area contributed by atoms with Gasteiger partial charge in [0.05, 0.1) is 5.56 Å². The van der Waals surface area contributed by atoms with Crippen molar-refractivity contribution in [3.63, 3.8) is 0 Å². The first kappa shape index (κ1) is 11.8. The predicted octanol–water partition coefficient (Wildman–Crippen LogP) is 2.82. The molecule has 3 nitrogen and oxygen atoms in total. The molecule has 17 heavy (non-hydrogen) atoms. The van der Waals surface area contributed by atoms with Gasteiger partial charge in [-0.1, -0.05) is 6.07 Å². The standard InChI is InChI=1S/C11H11F3N2O/c1-15-8-16(5-6-17-15)10-4-2-3-9(7-10)11(12,13)14/h2-7H,8H2,1H3. The Labute approximate surface area is 96.6 Å². The van der Waals surface area contributed by atoms with Crippen molar-refractivity contribution in [2.24, 2.45) is 0 Å². The Morgan fingerprint density at radius 3 is 2.71 bits per heavy atom. The Morgan fingerprint density at radius 1 is 1.29 bits per heavy atom. The number of benzene rings is 1. The van der Waals surface area contributed by atoms with Crippen molar-refractivity contribution in [3.05, 3.63) is 42.3 Å². The normalized spacial score (nSPS) is 17.1. The van der Waals surface area contributed by atoms with Crippen LogP contribution in [0.5, 0.6) is 0 Å². The minimum absolute atomic E-state index is 0.373. The predicted molar refractivity (Wildman–Crippen MR) is 56.8 cm³/mol. The van der Waals surface area contributed by atoms with Crippen LogP contribution in [0.15, 0.2) is 36.7 Å². The first-order chi connectivity index (χ1) is 7.97. The molecule has 1 aliphatic rings. The van der Waals surface area contributed by atoms with Crippen molar-refractivity contribution >= 4 is 5.69 Å². The monoisotopic (exact) mass is 244 g/mol. The van der Waals surface area contributed by atoms with Gasteiger partial charge < -0.3 is 9.74 Å². The van der Waals surface area contributed by atoms with Crippen LogP contribution in [0, 0.1) is 0 Å². The van der Waals surface area contributed by atoms with Gasteiger partial charge in [0.2, 0.25) is 0 Å². The molecule has 1 aromatic carbocycles. The van der Waals surface area contributed by atoms with E-state index in [0.717, 1.165) is 12.1 Å². The largest absolute Gasteiger partial charge is 0.416 e. The molecule has 0 bridgehead atoms. The fourth-order valence-corrected chi connectivity index (χ4v) is 1.53. The molecule has 0 aromatic heterocycles. The summed E-state index contributed by atoms with van der Waals surface area (Å²) in [7, 11) is 1.70. The molecule has 0 radical (unpaired) electrons. The van der Waals surface area contributed by atoms with Gasteiger partial charge in [-0.2, -0.15) is 13.2 Å². The highest BCUT2D eigenvalue weighted by atomic mass is 19.4. The zero-order valence-electron chi connectivity index (χ0n) is 9.11. The molecule has 92 valence electrons. The Balaban J connectivity index is 2.27. The second-order valence-electron chi connectivity index (χ2n) is 3.68. The Bertz CT molecular complexity index is 431. The van der Waals surface area contributed by atoms with Crippen LogP contribution in [0.1, 0.15) is 5.56 Å². The minimum Gasteiger partial charge on any atom is -0.411 e. The van der Waals surface area contributed by atoms with Crippen molar-refractivity contribution < 1.29 is 18.0 Å². The topological polar surface area (TPSA) is 15.7 Å². The molecule has 0 saturated carbocycles. The summed E-state index contributed by atoms with van der Waals surface area (Å²) in [4.78, 5) is 6.68. The van der Waals surface area contributed by atoms with Crippen LogP contribution in [0.4, 0.5) is 18.9 Å². The molecule has 0 unspecified atom stereocenters. The fourth-order valence-electron chi connectivity index (χ4n) is 1.53. The van der Waals surface area contributed by atoms with Crippen LogP contribution in [0.2, 0.25) is 0 Å². The van der Waals surface area contributed by atoms with E-state index in [2.05, 4.69) is 0 Å². The van der Waals surface area contributed by atoms with E-state index in [1.54, 1.807) is 24.2 Å². The number of hydrogen-bond acceptors (Lipinski definition) is 3. The van der Waals surface area contributed by atoms with E-state index in [-0.39, 0.29) is 0 Å². The highest BCUT2D eigenvalue weighted by molar-refractivity contribution is 5.51. The summed E-state index contributed by atoms with van der Waals surface area (Å²) in [5, 5.41) is 1.51. The van der Waals surface area contributed by atoms with Crippen LogP contribution >= 0.6 is 0 Å². The Kier molecular flexibility index (Phi) is 2.97. The molecule has 0 N–H and O–H groups in total. The van der Waals surface area contributed by atoms with Gasteiger partial charge >= 0.3 is 6.18 Å². The van der Waals surface area contributed by atoms with E-state index in [4.69, 9.17) is 4.84 Å². The van der Waals surface area contributed by atoms with E-state index in [1.807, 2.05) is 0 Å². The van der Waals surface area contributed by atoms with Crippen LogP contribution in [0.3, 0.4) is 0 Å². The third kappa shape index (κ3) is 2.71. The number of rotatable bonds is 1. The molecular weight excluding hydrogens is 233 g/mol. The number of alkyl halides is 3. The molecule has 0 atom stereocenters. The maximum absolute atomic E-state index is 12.5. The van der Waals surface area contributed by atoms with Crippen molar-refractivity contribution in [2.45, 2.75) is 6.18 Å². The molecular formula is C11H11F3N2O. The lowest BCUT2D eigenvalue weighted by Crippen LogP contribution is -2.34. The average Bonchev–Trinajstić information content (AvgIpc) is 2.28. The molecule has 0 amide bonds. The summed E-state index contributed by atoms with van der Waals surface area (Å²) in [5.74, 6) is 0. The van der Waals surface area contributed by atoms with Crippen molar-refractivity contribution in [1.82, 2.24) is 5.06 Å². The zero-order valence-corrected chi connectivity index (χ0v) is 9.11. The second kappa shape index (κ2) is 4.29. The van der Waals surface area contributed by atoms with Crippen molar-refractivity contribution in [2.75, 3.05) is 18.6 Å². The van der Waals surface area contributed by atoms with E-state index < -0.39 is 11.7 Å². The van der Waals surface area contributed by atoms with E-state index in [0.29, 0.717) is 12.4 Å². The van der Waals surface area contributed by atoms with Gasteiger partial charge in [-0.05, 0) is 18.2 Å². The van der Waals surface area contributed by atoms with Gasteiger partial charge in [-0.25, -0.2) is 0 Å². The van der Waals surface area contributed by atoms with Crippen LogP contribution in [-0.2, 0) is 11.0 Å². The van der Waals surface area contributed by atoms with E-state index in [9.17, 15) is 13.2 Å². The number of halogens is 3. The quantitative estimate of drug-likeness (QED) is 0.755. The lowest BCUT2D eigenvalue weighted by Gasteiger charge is -2.29. The molecule has 0 aliphatic carbocycles. The van der Waals surface area contributed by atoms with Crippen LogP contribution in [-0.4, -0.2) is 18.8 Å². The fraction of sp³-hybridized carbons (Fsp3) is 0.273. The van der Waals surface area contributed by atoms with Crippen molar-refractivity contribution in [1.29, 1.82) is 0 Å². The summed E-state index contributed by atoms with van der Waals surface area (Å²) in [6, 6.07) is 5.18. The highest BCUT2D eigenvalue weighted by Gasteiger charge is 2.30. The van der Waals surface area contributed by atoms with Crippen LogP contribution < -0.4 is 4.90 Å². The Hall–Kier alpha value is -1.69. The molecule has 1 aromatic rings. The molecule has 2 rings (SSSR count). The third-order valence-corrected chi connectivity index (χ3v) is 2.34. The maximum Gasteiger partial charge on any atom is 0.416 e. The van der Waals surface area contributed by atoms with E-state index in [1.165, 1.54) is 17.4 Å². The third-order valence-electron chi connectivity index (χ3n) is 2.34. The summed E-state index contributed by atoms with van der Waals surface area (Å²) >= 11 is 0. The molecule has 0 spiro atoms. The summed E-state index contributed by atoms with van der Waals surface area (Å²) in [6.45, 7) is 0.373. The van der Waals surface area contributed by atoms with Crippen LogP contribution in [0.25, 0.3) is 0 Å². The van der Waals surface area contributed by atoms with Gasteiger partial charge in [0, 0.05) is 18.9 Å². The lowest BCUT2D eigenvalue weighted by atomic mass is 10.2. The average molecular weight is 244 g/mol. The smallest absolute Gasteiger partial charge is 0.411 e. The first-order valence-electron chi connectivity index (χ1n) is 4.95. The zero-order chi connectivity index (χ0) is 12.5. The Morgan fingerprint density at radius 2 is 2.06 bits per heavy atom. The number of hydroxylamine groups is 2. The second-order valence-corrected chi connectivity index (χ2v) is 3.68. The summed E-state index contributed by atoms with van der Waals surface area (Å²) in [5.41, 5.74) is -0.177. The van der Waals surface area contributed by atoms with Gasteiger partial charge in [0.15, 0.2) is 0 Å². The van der Waals surface area contributed by atoms with Gasteiger partial charge in [-0.15, -0.1) is 5.06 Å². The van der Waals surface area contributed by atoms with Gasteiger partial charge in [-0.3, -0.25) is 0 Å². The van der Waals surface area contributed by atoms with Gasteiger partial charge in [0.25, 0.3) is 0 Å². The van der Waals surface area contributed by atoms with Gasteiger partial charge in [0.1, 0.15) is 12.9 Å². The SMILES string of the molecule is CN1CN(c2cccc(C(F)(F)F)c2)C=CO1. The number of hydrogen-bond donors (Lipinski definition) is 0. The number of nitrogens with zero attached hydrogens (tertiary/aromatic N) is 2. The van der Waals surface area contributed by atoms with E-state index >= 15 is 0 Å². The number of anilines is 1. The molecule has 0 saturated heterocycles. The summed E-state index contributed by atoms with van der Waals surface area (Å²) in [6.07, 6.45) is -1.31. The molecule has 1 aliphatic heterocycles.